The number of primary amides is 1. The van der Waals surface area contributed by atoms with Crippen molar-refractivity contribution in [2.24, 2.45) is 11.7 Å². The van der Waals surface area contributed by atoms with Gasteiger partial charge >= 0.3 is 0 Å². The Morgan fingerprint density at radius 3 is 2.33 bits per heavy atom. The SMILES string of the molecule is NC(=O)C1CC(=O)N(C2CCN(c3ncc(C4CC4)cn3)CC2)C1. The van der Waals surface area contributed by atoms with Crippen LogP contribution in [-0.4, -0.2) is 52.4 Å². The Morgan fingerprint density at radius 2 is 1.79 bits per heavy atom. The Kier molecular flexibility index (Phi) is 3.86. The number of hydrogen-bond donors (Lipinski definition) is 1. The molecule has 24 heavy (non-hydrogen) atoms. The Balaban J connectivity index is 1.34. The van der Waals surface area contributed by atoms with Gasteiger partial charge in [0.15, 0.2) is 0 Å². The molecule has 1 saturated carbocycles. The summed E-state index contributed by atoms with van der Waals surface area (Å²) in [6, 6.07) is 0.198. The number of nitrogens with two attached hydrogens (primary N) is 1. The van der Waals surface area contributed by atoms with Gasteiger partial charge in [-0.25, -0.2) is 9.97 Å². The van der Waals surface area contributed by atoms with Crippen LogP contribution in [0.1, 0.15) is 43.6 Å². The van der Waals surface area contributed by atoms with Gasteiger partial charge in [-0.15, -0.1) is 0 Å². The molecule has 1 unspecified atom stereocenters. The molecule has 0 spiro atoms. The highest BCUT2D eigenvalue weighted by Gasteiger charge is 2.38. The van der Waals surface area contributed by atoms with Gasteiger partial charge in [-0.2, -0.15) is 0 Å². The van der Waals surface area contributed by atoms with Crippen molar-refractivity contribution in [3.05, 3.63) is 18.0 Å². The minimum Gasteiger partial charge on any atom is -0.369 e. The number of anilines is 1. The zero-order valence-electron chi connectivity index (χ0n) is 13.7. The first-order valence-corrected chi connectivity index (χ1v) is 8.77. The fraction of sp³-hybridized carbons (Fsp3) is 0.647. The summed E-state index contributed by atoms with van der Waals surface area (Å²) in [6.45, 7) is 2.14. The maximum atomic E-state index is 12.1. The van der Waals surface area contributed by atoms with E-state index in [9.17, 15) is 9.59 Å². The molecule has 0 radical (unpaired) electrons. The summed E-state index contributed by atoms with van der Waals surface area (Å²) in [6.07, 6.45) is 8.44. The zero-order valence-corrected chi connectivity index (χ0v) is 13.7. The quantitative estimate of drug-likeness (QED) is 0.876. The molecular formula is C17H23N5O2. The van der Waals surface area contributed by atoms with Crippen LogP contribution in [0.15, 0.2) is 12.4 Å². The molecule has 2 N–H and O–H groups in total. The van der Waals surface area contributed by atoms with Crippen molar-refractivity contribution in [1.82, 2.24) is 14.9 Å². The van der Waals surface area contributed by atoms with E-state index in [1.54, 1.807) is 0 Å². The summed E-state index contributed by atoms with van der Waals surface area (Å²) >= 11 is 0. The molecule has 2 saturated heterocycles. The average Bonchev–Trinajstić information content (AvgIpc) is 3.37. The highest BCUT2D eigenvalue weighted by molar-refractivity contribution is 5.88. The third-order valence-corrected chi connectivity index (χ3v) is 5.46. The molecule has 128 valence electrons. The van der Waals surface area contributed by atoms with E-state index in [-0.39, 0.29) is 30.2 Å². The summed E-state index contributed by atoms with van der Waals surface area (Å²) < 4.78 is 0. The summed E-state index contributed by atoms with van der Waals surface area (Å²) in [7, 11) is 0. The van der Waals surface area contributed by atoms with E-state index < -0.39 is 0 Å². The maximum absolute atomic E-state index is 12.1. The molecule has 3 heterocycles. The molecule has 0 aromatic carbocycles. The maximum Gasteiger partial charge on any atom is 0.225 e. The highest BCUT2D eigenvalue weighted by Crippen LogP contribution is 2.39. The van der Waals surface area contributed by atoms with Crippen LogP contribution in [0.2, 0.25) is 0 Å². The van der Waals surface area contributed by atoms with Gasteiger partial charge in [-0.1, -0.05) is 0 Å². The van der Waals surface area contributed by atoms with Gasteiger partial charge in [0.1, 0.15) is 0 Å². The molecule has 2 aliphatic heterocycles. The lowest BCUT2D eigenvalue weighted by molar-refractivity contribution is -0.130. The molecule has 1 aromatic rings. The molecular weight excluding hydrogens is 306 g/mol. The number of nitrogens with zero attached hydrogens (tertiary/aromatic N) is 4. The van der Waals surface area contributed by atoms with Crippen LogP contribution in [0.25, 0.3) is 0 Å². The molecule has 3 fully saturated rings. The van der Waals surface area contributed by atoms with Crippen LogP contribution < -0.4 is 10.6 Å². The summed E-state index contributed by atoms with van der Waals surface area (Å²) in [5.41, 5.74) is 6.59. The molecule has 4 rings (SSSR count). The van der Waals surface area contributed by atoms with Crippen molar-refractivity contribution in [3.63, 3.8) is 0 Å². The Bertz CT molecular complexity index is 635. The summed E-state index contributed by atoms with van der Waals surface area (Å²) in [4.78, 5) is 36.5. The number of aromatic nitrogens is 2. The minimum absolute atomic E-state index is 0.0577. The van der Waals surface area contributed by atoms with Crippen molar-refractivity contribution < 1.29 is 9.59 Å². The van der Waals surface area contributed by atoms with Crippen LogP contribution in [0.3, 0.4) is 0 Å². The predicted octanol–water partition coefficient (Wildman–Crippen LogP) is 0.657. The molecule has 7 heteroatoms. The molecule has 1 aromatic heterocycles. The van der Waals surface area contributed by atoms with Crippen LogP contribution in [0.5, 0.6) is 0 Å². The van der Waals surface area contributed by atoms with E-state index in [1.165, 1.54) is 18.4 Å². The first kappa shape index (κ1) is 15.4. The molecule has 1 atom stereocenters. The van der Waals surface area contributed by atoms with Crippen molar-refractivity contribution in [3.8, 4) is 0 Å². The van der Waals surface area contributed by atoms with Crippen molar-refractivity contribution >= 4 is 17.8 Å². The van der Waals surface area contributed by atoms with Gasteiger partial charge in [0.2, 0.25) is 17.8 Å². The molecule has 7 nitrogen and oxygen atoms in total. The lowest BCUT2D eigenvalue weighted by atomic mass is 10.0. The number of carbonyl (C=O) groups excluding carboxylic acids is 2. The first-order valence-electron chi connectivity index (χ1n) is 8.77. The Hall–Kier alpha value is -2.18. The highest BCUT2D eigenvalue weighted by atomic mass is 16.2. The predicted molar refractivity (Wildman–Crippen MR) is 88.3 cm³/mol. The van der Waals surface area contributed by atoms with Gasteiger partial charge in [0.05, 0.1) is 5.92 Å². The van der Waals surface area contributed by atoms with Crippen LogP contribution in [0, 0.1) is 5.92 Å². The second kappa shape index (κ2) is 6.03. The van der Waals surface area contributed by atoms with Gasteiger partial charge < -0.3 is 15.5 Å². The third-order valence-electron chi connectivity index (χ3n) is 5.46. The van der Waals surface area contributed by atoms with E-state index in [4.69, 9.17) is 5.73 Å². The van der Waals surface area contributed by atoms with Crippen LogP contribution >= 0.6 is 0 Å². The molecule has 1 aliphatic carbocycles. The lowest BCUT2D eigenvalue weighted by Gasteiger charge is -2.36. The van der Waals surface area contributed by atoms with Crippen LogP contribution in [0.4, 0.5) is 5.95 Å². The largest absolute Gasteiger partial charge is 0.369 e. The number of likely N-dealkylation sites (tertiary alicyclic amines) is 1. The van der Waals surface area contributed by atoms with E-state index in [0.29, 0.717) is 12.5 Å². The van der Waals surface area contributed by atoms with E-state index in [2.05, 4.69) is 14.9 Å². The zero-order chi connectivity index (χ0) is 16.7. The first-order chi connectivity index (χ1) is 11.6. The third kappa shape index (κ3) is 2.95. The number of rotatable bonds is 4. The second-order valence-corrected chi connectivity index (χ2v) is 7.16. The normalized spacial score (nSPS) is 25.3. The second-order valence-electron chi connectivity index (χ2n) is 7.16. The minimum atomic E-state index is -0.368. The van der Waals surface area contributed by atoms with Crippen LogP contribution in [-0.2, 0) is 9.59 Å². The Morgan fingerprint density at radius 1 is 1.12 bits per heavy atom. The van der Waals surface area contributed by atoms with Gasteiger partial charge in [0.25, 0.3) is 0 Å². The van der Waals surface area contributed by atoms with E-state index in [1.807, 2.05) is 17.3 Å². The monoisotopic (exact) mass is 329 g/mol. The van der Waals surface area contributed by atoms with E-state index >= 15 is 0 Å². The van der Waals surface area contributed by atoms with Crippen molar-refractivity contribution in [2.45, 2.75) is 44.1 Å². The fourth-order valence-electron chi connectivity index (χ4n) is 3.77. The number of amides is 2. The number of hydrogen-bond acceptors (Lipinski definition) is 5. The van der Waals surface area contributed by atoms with E-state index in [0.717, 1.165) is 31.9 Å². The topological polar surface area (TPSA) is 92.4 Å². The van der Waals surface area contributed by atoms with Gasteiger partial charge in [-0.05, 0) is 37.2 Å². The fourth-order valence-corrected chi connectivity index (χ4v) is 3.77. The lowest BCUT2D eigenvalue weighted by Crippen LogP contribution is -2.46. The smallest absolute Gasteiger partial charge is 0.225 e. The number of piperidine rings is 1. The van der Waals surface area contributed by atoms with Crippen molar-refractivity contribution in [1.29, 1.82) is 0 Å². The molecule has 2 amide bonds. The molecule has 0 bridgehead atoms. The average molecular weight is 329 g/mol. The number of carbonyl (C=O) groups is 2. The summed E-state index contributed by atoms with van der Waals surface area (Å²) in [5.74, 6) is 0.813. The molecule has 3 aliphatic rings. The summed E-state index contributed by atoms with van der Waals surface area (Å²) in [5, 5.41) is 0. The standard InChI is InChI=1S/C17H23N5O2/c18-16(24)12-7-15(23)22(10-12)14-3-5-21(6-4-14)17-19-8-13(9-20-17)11-1-2-11/h8-9,11-12,14H,1-7,10H2,(H2,18,24). The van der Waals surface area contributed by atoms with Gasteiger partial charge in [0, 0.05) is 44.5 Å². The van der Waals surface area contributed by atoms with Gasteiger partial charge in [-0.3, -0.25) is 9.59 Å². The Labute approximate surface area is 141 Å². The van der Waals surface area contributed by atoms with Crippen molar-refractivity contribution in [2.75, 3.05) is 24.5 Å².